The number of aromatic nitrogens is 2. The molecule has 0 saturated carbocycles. The summed E-state index contributed by atoms with van der Waals surface area (Å²) in [4.78, 5) is 16.8. The number of carbonyl (C=O) groups is 1. The lowest BCUT2D eigenvalue weighted by Gasteiger charge is -2.18. The SMILES string of the molecule is Cn1ccnc1C(NC(=O)/C=C/c1ccccc1Br)c1cccc(F)c1. The van der Waals surface area contributed by atoms with Crippen molar-refractivity contribution in [2.24, 2.45) is 7.05 Å². The van der Waals surface area contributed by atoms with E-state index in [0.717, 1.165) is 10.0 Å². The van der Waals surface area contributed by atoms with Crippen LogP contribution in [0.3, 0.4) is 0 Å². The highest BCUT2D eigenvalue weighted by Crippen LogP contribution is 2.22. The molecule has 3 aromatic rings. The van der Waals surface area contributed by atoms with Gasteiger partial charge >= 0.3 is 0 Å². The Labute approximate surface area is 159 Å². The maximum Gasteiger partial charge on any atom is 0.244 e. The molecular weight excluding hydrogens is 397 g/mol. The first-order valence-corrected chi connectivity index (χ1v) is 8.79. The van der Waals surface area contributed by atoms with E-state index in [-0.39, 0.29) is 11.7 Å². The Balaban J connectivity index is 1.85. The van der Waals surface area contributed by atoms with Gasteiger partial charge in [-0.2, -0.15) is 0 Å². The first-order valence-electron chi connectivity index (χ1n) is 8.00. The van der Waals surface area contributed by atoms with Crippen LogP contribution in [0.15, 0.2) is 71.5 Å². The maximum atomic E-state index is 13.7. The first-order chi connectivity index (χ1) is 12.5. The molecule has 0 aliphatic heterocycles. The Morgan fingerprint density at radius 2 is 2.08 bits per heavy atom. The number of aryl methyl sites for hydroxylation is 1. The summed E-state index contributed by atoms with van der Waals surface area (Å²) in [5.74, 6) is -0.0315. The van der Waals surface area contributed by atoms with Crippen molar-refractivity contribution < 1.29 is 9.18 Å². The number of hydrogen-bond donors (Lipinski definition) is 1. The molecule has 1 amide bonds. The molecule has 2 aromatic carbocycles. The lowest BCUT2D eigenvalue weighted by Crippen LogP contribution is -2.29. The van der Waals surface area contributed by atoms with Crippen LogP contribution in [0.1, 0.15) is 23.0 Å². The molecule has 1 N–H and O–H groups in total. The lowest BCUT2D eigenvalue weighted by molar-refractivity contribution is -0.117. The Hall–Kier alpha value is -2.73. The van der Waals surface area contributed by atoms with E-state index in [1.165, 1.54) is 18.2 Å². The summed E-state index contributed by atoms with van der Waals surface area (Å²) in [5.41, 5.74) is 1.52. The number of amides is 1. The van der Waals surface area contributed by atoms with Gasteiger partial charge in [0.05, 0.1) is 0 Å². The Kier molecular flexibility index (Phi) is 5.63. The van der Waals surface area contributed by atoms with E-state index in [4.69, 9.17) is 0 Å². The summed E-state index contributed by atoms with van der Waals surface area (Å²) in [6, 6.07) is 13.2. The molecule has 0 aliphatic carbocycles. The molecule has 132 valence electrons. The molecule has 1 atom stereocenters. The molecule has 0 aliphatic rings. The highest BCUT2D eigenvalue weighted by atomic mass is 79.9. The van der Waals surface area contributed by atoms with Crippen LogP contribution in [0.5, 0.6) is 0 Å². The van der Waals surface area contributed by atoms with Gasteiger partial charge in [-0.3, -0.25) is 4.79 Å². The van der Waals surface area contributed by atoms with E-state index in [2.05, 4.69) is 26.2 Å². The van der Waals surface area contributed by atoms with Crippen LogP contribution in [0.25, 0.3) is 6.08 Å². The van der Waals surface area contributed by atoms with Gasteiger partial charge in [0, 0.05) is 30.0 Å². The molecule has 1 aromatic heterocycles. The Morgan fingerprint density at radius 3 is 2.77 bits per heavy atom. The minimum Gasteiger partial charge on any atom is -0.339 e. The van der Waals surface area contributed by atoms with Gasteiger partial charge in [0.25, 0.3) is 0 Å². The third kappa shape index (κ3) is 4.26. The van der Waals surface area contributed by atoms with Crippen molar-refractivity contribution in [3.63, 3.8) is 0 Å². The predicted molar refractivity (Wildman–Crippen MR) is 103 cm³/mol. The van der Waals surface area contributed by atoms with E-state index < -0.39 is 6.04 Å². The molecule has 4 nitrogen and oxygen atoms in total. The molecule has 0 spiro atoms. The monoisotopic (exact) mass is 413 g/mol. The number of benzene rings is 2. The molecule has 1 unspecified atom stereocenters. The predicted octanol–water partition coefficient (Wildman–Crippen LogP) is 4.24. The zero-order chi connectivity index (χ0) is 18.5. The summed E-state index contributed by atoms with van der Waals surface area (Å²) < 4.78 is 16.4. The molecule has 6 heteroatoms. The van der Waals surface area contributed by atoms with Crippen LogP contribution in [0.2, 0.25) is 0 Å². The third-order valence-electron chi connectivity index (χ3n) is 3.90. The van der Waals surface area contributed by atoms with E-state index in [1.807, 2.05) is 31.3 Å². The largest absolute Gasteiger partial charge is 0.339 e. The number of halogens is 2. The standard InChI is InChI=1S/C20H17BrFN3O/c1-25-12-11-23-20(25)19(15-6-4-7-16(22)13-15)24-18(26)10-9-14-5-2-3-8-17(14)21/h2-13,19H,1H3,(H,24,26)/b10-9+. The van der Waals surface area contributed by atoms with Crippen molar-refractivity contribution in [3.8, 4) is 0 Å². The number of hydrogen-bond acceptors (Lipinski definition) is 2. The smallest absolute Gasteiger partial charge is 0.244 e. The Morgan fingerprint density at radius 1 is 1.27 bits per heavy atom. The second-order valence-corrected chi connectivity index (χ2v) is 6.60. The normalized spacial score (nSPS) is 12.3. The van der Waals surface area contributed by atoms with Gasteiger partial charge < -0.3 is 9.88 Å². The molecule has 1 heterocycles. The first kappa shape index (κ1) is 18.1. The minimum absolute atomic E-state index is 0.294. The quantitative estimate of drug-likeness (QED) is 0.635. The zero-order valence-corrected chi connectivity index (χ0v) is 15.7. The zero-order valence-electron chi connectivity index (χ0n) is 14.1. The van der Waals surface area contributed by atoms with Crippen molar-refractivity contribution in [1.29, 1.82) is 0 Å². The van der Waals surface area contributed by atoms with Crippen LogP contribution >= 0.6 is 15.9 Å². The number of rotatable bonds is 5. The van der Waals surface area contributed by atoms with Gasteiger partial charge in [-0.1, -0.05) is 46.3 Å². The van der Waals surface area contributed by atoms with Crippen molar-refractivity contribution in [3.05, 3.63) is 94.2 Å². The second kappa shape index (κ2) is 8.10. The fourth-order valence-corrected chi connectivity index (χ4v) is 3.02. The highest BCUT2D eigenvalue weighted by molar-refractivity contribution is 9.10. The average molecular weight is 414 g/mol. The molecule has 0 saturated heterocycles. The molecule has 3 rings (SSSR count). The summed E-state index contributed by atoms with van der Waals surface area (Å²) >= 11 is 3.45. The summed E-state index contributed by atoms with van der Waals surface area (Å²) in [6.07, 6.45) is 6.60. The van der Waals surface area contributed by atoms with Crippen LogP contribution in [0.4, 0.5) is 4.39 Å². The summed E-state index contributed by atoms with van der Waals surface area (Å²) in [5, 5.41) is 2.90. The van der Waals surface area contributed by atoms with Gasteiger partial charge in [-0.05, 0) is 35.4 Å². The van der Waals surface area contributed by atoms with Crippen LogP contribution in [-0.2, 0) is 11.8 Å². The highest BCUT2D eigenvalue weighted by Gasteiger charge is 2.20. The van der Waals surface area contributed by atoms with Crippen molar-refractivity contribution in [2.75, 3.05) is 0 Å². The Bertz CT molecular complexity index is 951. The number of carbonyl (C=O) groups excluding carboxylic acids is 1. The minimum atomic E-state index is -0.554. The third-order valence-corrected chi connectivity index (χ3v) is 4.63. The van der Waals surface area contributed by atoms with Gasteiger partial charge in [-0.25, -0.2) is 9.37 Å². The average Bonchev–Trinajstić information content (AvgIpc) is 3.05. The van der Waals surface area contributed by atoms with E-state index in [9.17, 15) is 9.18 Å². The topological polar surface area (TPSA) is 46.9 Å². The molecule has 0 fully saturated rings. The van der Waals surface area contributed by atoms with Gasteiger partial charge in [0.1, 0.15) is 17.7 Å². The summed E-state index contributed by atoms with van der Waals surface area (Å²) in [7, 11) is 1.83. The molecule has 26 heavy (non-hydrogen) atoms. The van der Waals surface area contributed by atoms with E-state index in [0.29, 0.717) is 11.4 Å². The van der Waals surface area contributed by atoms with Gasteiger partial charge in [0.2, 0.25) is 5.91 Å². The summed E-state index contributed by atoms with van der Waals surface area (Å²) in [6.45, 7) is 0. The van der Waals surface area contributed by atoms with Gasteiger partial charge in [-0.15, -0.1) is 0 Å². The second-order valence-electron chi connectivity index (χ2n) is 5.75. The van der Waals surface area contributed by atoms with E-state index >= 15 is 0 Å². The fraction of sp³-hybridized carbons (Fsp3) is 0.100. The number of nitrogens with one attached hydrogen (secondary N) is 1. The fourth-order valence-electron chi connectivity index (χ4n) is 2.60. The molecule has 0 bridgehead atoms. The van der Waals surface area contributed by atoms with Crippen LogP contribution in [-0.4, -0.2) is 15.5 Å². The van der Waals surface area contributed by atoms with Crippen molar-refractivity contribution in [1.82, 2.24) is 14.9 Å². The van der Waals surface area contributed by atoms with Crippen LogP contribution in [0, 0.1) is 5.82 Å². The number of imidazole rings is 1. The number of nitrogens with zero attached hydrogens (tertiary/aromatic N) is 2. The van der Waals surface area contributed by atoms with Crippen molar-refractivity contribution in [2.45, 2.75) is 6.04 Å². The van der Waals surface area contributed by atoms with Crippen LogP contribution < -0.4 is 5.32 Å². The van der Waals surface area contributed by atoms with Crippen molar-refractivity contribution >= 4 is 27.9 Å². The van der Waals surface area contributed by atoms with E-state index in [1.54, 1.807) is 35.2 Å². The lowest BCUT2D eigenvalue weighted by atomic mass is 10.1. The molecule has 0 radical (unpaired) electrons. The van der Waals surface area contributed by atoms with Gasteiger partial charge in [0.15, 0.2) is 0 Å². The maximum absolute atomic E-state index is 13.7. The molecular formula is C20H17BrFN3O.